The number of halogens is 1. The van der Waals surface area contributed by atoms with Crippen LogP contribution in [0, 0.1) is 5.82 Å². The SMILES string of the molecule is N[C@H](Cc1ccccc1)C(=O)N[C@@H](Cc1ccc(F)cc1)C(=O)N[C@H](Cc1c[nH]c2ccccc12)C(=O)N[C@H](C=O)CO. The van der Waals surface area contributed by atoms with Crippen molar-refractivity contribution in [2.24, 2.45) is 5.73 Å². The average molecular weight is 588 g/mol. The lowest BCUT2D eigenvalue weighted by atomic mass is 10.0. The summed E-state index contributed by atoms with van der Waals surface area (Å²) < 4.78 is 13.6. The first-order valence-corrected chi connectivity index (χ1v) is 13.8. The molecule has 0 aliphatic carbocycles. The summed E-state index contributed by atoms with van der Waals surface area (Å²) >= 11 is 0. The van der Waals surface area contributed by atoms with Gasteiger partial charge in [0.2, 0.25) is 17.7 Å². The predicted octanol–water partition coefficient (Wildman–Crippen LogP) is 1.31. The van der Waals surface area contributed by atoms with Crippen molar-refractivity contribution in [3.05, 3.63) is 108 Å². The summed E-state index contributed by atoms with van der Waals surface area (Å²) in [5.41, 5.74) is 9.14. The molecule has 0 aliphatic heterocycles. The third-order valence-corrected chi connectivity index (χ3v) is 7.04. The van der Waals surface area contributed by atoms with Crippen LogP contribution in [0.5, 0.6) is 0 Å². The van der Waals surface area contributed by atoms with Crippen molar-refractivity contribution < 1.29 is 28.7 Å². The number of aldehydes is 1. The van der Waals surface area contributed by atoms with Crippen molar-refractivity contribution >= 4 is 34.9 Å². The van der Waals surface area contributed by atoms with E-state index in [0.29, 0.717) is 11.8 Å². The second kappa shape index (κ2) is 14.9. The maximum absolute atomic E-state index is 13.7. The minimum Gasteiger partial charge on any atom is -0.394 e. The molecule has 43 heavy (non-hydrogen) atoms. The summed E-state index contributed by atoms with van der Waals surface area (Å²) in [6.07, 6.45) is 2.39. The molecule has 0 fully saturated rings. The molecule has 0 bridgehead atoms. The van der Waals surface area contributed by atoms with Crippen LogP contribution in [-0.4, -0.2) is 64.9 Å². The van der Waals surface area contributed by atoms with E-state index < -0.39 is 54.3 Å². The lowest BCUT2D eigenvalue weighted by Crippen LogP contribution is -2.58. The molecule has 0 radical (unpaired) electrons. The number of aliphatic hydroxyl groups is 1. The van der Waals surface area contributed by atoms with Crippen LogP contribution in [0.4, 0.5) is 4.39 Å². The van der Waals surface area contributed by atoms with Gasteiger partial charge in [0, 0.05) is 29.9 Å². The largest absolute Gasteiger partial charge is 0.394 e. The molecule has 11 heteroatoms. The third kappa shape index (κ3) is 8.57. The van der Waals surface area contributed by atoms with Crippen LogP contribution >= 0.6 is 0 Å². The number of nitrogens with one attached hydrogen (secondary N) is 4. The van der Waals surface area contributed by atoms with E-state index in [1.165, 1.54) is 24.3 Å². The van der Waals surface area contributed by atoms with Gasteiger partial charge in [-0.25, -0.2) is 4.39 Å². The summed E-state index contributed by atoms with van der Waals surface area (Å²) in [7, 11) is 0. The fourth-order valence-corrected chi connectivity index (χ4v) is 4.71. The zero-order valence-electron chi connectivity index (χ0n) is 23.3. The zero-order valence-corrected chi connectivity index (χ0v) is 23.3. The molecule has 4 rings (SSSR count). The molecule has 10 nitrogen and oxygen atoms in total. The number of para-hydroxylation sites is 1. The monoisotopic (exact) mass is 587 g/mol. The van der Waals surface area contributed by atoms with Gasteiger partial charge in [-0.15, -0.1) is 0 Å². The van der Waals surface area contributed by atoms with Crippen molar-refractivity contribution in [1.29, 1.82) is 0 Å². The van der Waals surface area contributed by atoms with Gasteiger partial charge in [0.25, 0.3) is 0 Å². The molecule has 0 spiro atoms. The standard InChI is InChI=1S/C32H34FN5O5/c33-23-12-10-21(11-13-23)15-28(37-30(41)26(34)14-20-6-2-1-3-7-20)32(43)38-29(31(42)36-24(18-39)19-40)16-22-17-35-27-9-5-4-8-25(22)27/h1-13,17-18,24,26,28-29,35,40H,14-16,19,34H2,(H,36,42)(H,37,41)(H,38,43)/t24-,26-,28+,29-/m1/s1. The number of aromatic nitrogens is 1. The normalized spacial score (nSPS) is 13.8. The van der Waals surface area contributed by atoms with Crippen molar-refractivity contribution in [2.45, 2.75) is 43.4 Å². The van der Waals surface area contributed by atoms with Gasteiger partial charge in [-0.3, -0.25) is 14.4 Å². The Morgan fingerprint density at radius 3 is 2.09 bits per heavy atom. The molecule has 3 amide bonds. The Balaban J connectivity index is 1.57. The minimum absolute atomic E-state index is 0.00899. The molecule has 4 atom stereocenters. The van der Waals surface area contributed by atoms with Crippen LogP contribution in [-0.2, 0) is 38.4 Å². The molecule has 0 unspecified atom stereocenters. The minimum atomic E-state index is -1.17. The summed E-state index contributed by atoms with van der Waals surface area (Å²) in [6.45, 7) is -0.620. The summed E-state index contributed by atoms with van der Waals surface area (Å²) in [4.78, 5) is 54.5. The van der Waals surface area contributed by atoms with E-state index in [-0.39, 0.29) is 19.3 Å². The second-order valence-corrected chi connectivity index (χ2v) is 10.2. The number of fused-ring (bicyclic) bond motifs is 1. The Morgan fingerprint density at radius 2 is 1.40 bits per heavy atom. The van der Waals surface area contributed by atoms with E-state index in [0.717, 1.165) is 22.0 Å². The fourth-order valence-electron chi connectivity index (χ4n) is 4.71. The van der Waals surface area contributed by atoms with Crippen LogP contribution in [0.1, 0.15) is 16.7 Å². The first kappa shape index (κ1) is 31.1. The number of H-pyrrole nitrogens is 1. The van der Waals surface area contributed by atoms with Gasteiger partial charge in [0.05, 0.1) is 12.6 Å². The molecule has 1 heterocycles. The Morgan fingerprint density at radius 1 is 0.791 bits per heavy atom. The number of amides is 3. The summed E-state index contributed by atoms with van der Waals surface area (Å²) in [6, 6.07) is 17.6. The average Bonchev–Trinajstić information content (AvgIpc) is 3.43. The molecule has 4 aromatic rings. The summed E-state index contributed by atoms with van der Waals surface area (Å²) in [5.74, 6) is -2.42. The Kier molecular flexibility index (Phi) is 10.7. The lowest BCUT2D eigenvalue weighted by molar-refractivity contribution is -0.133. The number of aromatic amines is 1. The van der Waals surface area contributed by atoms with E-state index in [1.807, 2.05) is 54.6 Å². The van der Waals surface area contributed by atoms with Crippen LogP contribution < -0.4 is 21.7 Å². The number of benzene rings is 3. The van der Waals surface area contributed by atoms with E-state index >= 15 is 0 Å². The van der Waals surface area contributed by atoms with E-state index in [2.05, 4.69) is 20.9 Å². The highest BCUT2D eigenvalue weighted by Crippen LogP contribution is 2.19. The highest BCUT2D eigenvalue weighted by atomic mass is 19.1. The molecule has 3 aromatic carbocycles. The van der Waals surface area contributed by atoms with Crippen molar-refractivity contribution in [3.63, 3.8) is 0 Å². The quantitative estimate of drug-likeness (QED) is 0.122. The molecule has 7 N–H and O–H groups in total. The van der Waals surface area contributed by atoms with Gasteiger partial charge in [0.1, 0.15) is 30.2 Å². The van der Waals surface area contributed by atoms with Gasteiger partial charge in [-0.05, 0) is 41.3 Å². The van der Waals surface area contributed by atoms with Gasteiger partial charge in [-0.1, -0.05) is 60.7 Å². The van der Waals surface area contributed by atoms with Gasteiger partial charge < -0.3 is 36.6 Å². The zero-order chi connectivity index (χ0) is 30.8. The topological polar surface area (TPSA) is 166 Å². The number of rotatable bonds is 14. The Bertz CT molecular complexity index is 1540. The van der Waals surface area contributed by atoms with E-state index in [9.17, 15) is 28.7 Å². The van der Waals surface area contributed by atoms with E-state index in [4.69, 9.17) is 5.73 Å². The smallest absolute Gasteiger partial charge is 0.243 e. The first-order chi connectivity index (χ1) is 20.8. The summed E-state index contributed by atoms with van der Waals surface area (Å²) in [5, 5.41) is 18.1. The van der Waals surface area contributed by atoms with Gasteiger partial charge in [0.15, 0.2) is 0 Å². The number of hydrogen-bond acceptors (Lipinski definition) is 6. The Hall–Kier alpha value is -4.87. The molecular weight excluding hydrogens is 553 g/mol. The molecule has 0 saturated heterocycles. The van der Waals surface area contributed by atoms with Gasteiger partial charge >= 0.3 is 0 Å². The predicted molar refractivity (Wildman–Crippen MR) is 159 cm³/mol. The van der Waals surface area contributed by atoms with Crippen LogP contribution in [0.3, 0.4) is 0 Å². The molecule has 224 valence electrons. The molecule has 1 aromatic heterocycles. The van der Waals surface area contributed by atoms with Crippen LogP contribution in [0.25, 0.3) is 10.9 Å². The maximum atomic E-state index is 13.7. The number of hydrogen-bond donors (Lipinski definition) is 6. The van der Waals surface area contributed by atoms with Crippen molar-refractivity contribution in [1.82, 2.24) is 20.9 Å². The fraction of sp³-hybridized carbons (Fsp3) is 0.250. The van der Waals surface area contributed by atoms with Crippen molar-refractivity contribution in [3.8, 4) is 0 Å². The first-order valence-electron chi connectivity index (χ1n) is 13.8. The lowest BCUT2D eigenvalue weighted by Gasteiger charge is -2.25. The molecule has 0 aliphatic rings. The van der Waals surface area contributed by atoms with Crippen molar-refractivity contribution in [2.75, 3.05) is 6.61 Å². The van der Waals surface area contributed by atoms with Crippen LogP contribution in [0.15, 0.2) is 85.1 Å². The maximum Gasteiger partial charge on any atom is 0.243 e. The number of nitrogens with two attached hydrogens (primary N) is 1. The number of carbonyl (C=O) groups is 4. The highest BCUT2D eigenvalue weighted by molar-refractivity contribution is 5.94. The molecule has 0 saturated carbocycles. The van der Waals surface area contributed by atoms with Gasteiger partial charge in [-0.2, -0.15) is 0 Å². The number of carbonyl (C=O) groups excluding carboxylic acids is 4. The molecular formula is C32H34FN5O5. The highest BCUT2D eigenvalue weighted by Gasteiger charge is 2.30. The van der Waals surface area contributed by atoms with E-state index in [1.54, 1.807) is 6.20 Å². The van der Waals surface area contributed by atoms with Crippen LogP contribution in [0.2, 0.25) is 0 Å². The second-order valence-electron chi connectivity index (χ2n) is 10.2. The Labute approximate surface area is 247 Å². The third-order valence-electron chi connectivity index (χ3n) is 7.04. The number of aliphatic hydroxyl groups excluding tert-OH is 1.